The number of aromatic hydroxyl groups is 4. The average Bonchev–Trinajstić information content (AvgIpc) is 2.56. The van der Waals surface area contributed by atoms with Crippen LogP contribution in [0.15, 0.2) is 35.9 Å². The topological polar surface area (TPSA) is 107 Å². The molecule has 4 N–H and O–H groups in total. The van der Waals surface area contributed by atoms with Crippen molar-refractivity contribution in [3.05, 3.63) is 41.5 Å². The van der Waals surface area contributed by atoms with Gasteiger partial charge in [-0.15, -0.1) is 0 Å². The zero-order chi connectivity index (χ0) is 19.6. The largest absolute Gasteiger partial charge is 0.507 e. The van der Waals surface area contributed by atoms with Gasteiger partial charge in [0.15, 0.2) is 0 Å². The molecule has 0 saturated heterocycles. The summed E-state index contributed by atoms with van der Waals surface area (Å²) >= 11 is 0. The Hall–Kier alpha value is -3.15. The van der Waals surface area contributed by atoms with E-state index in [1.165, 1.54) is 24.3 Å². The Morgan fingerprint density at radius 3 is 2.08 bits per heavy atom. The number of phenolic OH excluding ortho intramolecular Hbond substituents is 4. The Morgan fingerprint density at radius 2 is 1.54 bits per heavy atom. The Bertz CT molecular complexity index is 918. The monoisotopic (exact) mass is 358 g/mol. The van der Waals surface area contributed by atoms with E-state index in [1.807, 2.05) is 13.8 Å². The van der Waals surface area contributed by atoms with E-state index in [9.17, 15) is 25.2 Å². The van der Waals surface area contributed by atoms with Gasteiger partial charge in [0.2, 0.25) is 0 Å². The number of ether oxygens (including phenoxy) is 1. The third-order valence-electron chi connectivity index (χ3n) is 3.71. The Kier molecular flexibility index (Phi) is 5.45. The summed E-state index contributed by atoms with van der Waals surface area (Å²) in [6, 6.07) is 3.57. The number of carbonyl (C=O) groups is 1. The normalized spacial score (nSPS) is 11.7. The van der Waals surface area contributed by atoms with Gasteiger partial charge in [0.1, 0.15) is 28.8 Å². The van der Waals surface area contributed by atoms with E-state index in [-0.39, 0.29) is 39.3 Å². The lowest BCUT2D eigenvalue weighted by Crippen LogP contribution is -2.11. The Labute approximate surface area is 151 Å². The van der Waals surface area contributed by atoms with E-state index in [1.54, 1.807) is 19.9 Å². The number of hydrogen-bond donors (Lipinski definition) is 4. The average molecular weight is 358 g/mol. The first-order valence-electron chi connectivity index (χ1n) is 8.10. The van der Waals surface area contributed by atoms with Crippen LogP contribution in [0, 0.1) is 5.92 Å². The molecule has 2 aromatic carbocycles. The van der Waals surface area contributed by atoms with Crippen LogP contribution in [0.3, 0.4) is 0 Å². The summed E-state index contributed by atoms with van der Waals surface area (Å²) < 4.78 is 5.37. The first-order chi connectivity index (χ1) is 12.1. The van der Waals surface area contributed by atoms with Crippen molar-refractivity contribution in [1.29, 1.82) is 0 Å². The van der Waals surface area contributed by atoms with Crippen molar-refractivity contribution in [3.63, 3.8) is 0 Å². The summed E-state index contributed by atoms with van der Waals surface area (Å²) in [5.41, 5.74) is 0.940. The molecule has 0 aliphatic carbocycles. The molecule has 0 unspecified atom stereocenters. The summed E-state index contributed by atoms with van der Waals surface area (Å²) in [6.07, 6.45) is 3.18. The third-order valence-corrected chi connectivity index (χ3v) is 3.71. The summed E-state index contributed by atoms with van der Waals surface area (Å²) in [5, 5.41) is 40.7. The molecule has 138 valence electrons. The highest BCUT2D eigenvalue weighted by Gasteiger charge is 2.22. The van der Waals surface area contributed by atoms with E-state index in [0.29, 0.717) is 0 Å². The maximum absolute atomic E-state index is 12.0. The molecule has 0 radical (unpaired) electrons. The first-order valence-corrected chi connectivity index (χ1v) is 8.10. The molecule has 2 rings (SSSR count). The first kappa shape index (κ1) is 19.2. The summed E-state index contributed by atoms with van der Waals surface area (Å²) in [4.78, 5) is 12.0. The predicted octanol–water partition coefficient (Wildman–Crippen LogP) is 4.17. The predicted molar refractivity (Wildman–Crippen MR) is 98.9 cm³/mol. The van der Waals surface area contributed by atoms with Gasteiger partial charge in [0, 0.05) is 0 Å². The van der Waals surface area contributed by atoms with Gasteiger partial charge < -0.3 is 25.2 Å². The molecule has 2 aromatic rings. The third kappa shape index (κ3) is 3.74. The lowest BCUT2D eigenvalue weighted by atomic mass is 10.0. The Balaban J connectivity index is 2.76. The summed E-state index contributed by atoms with van der Waals surface area (Å²) in [7, 11) is 0. The van der Waals surface area contributed by atoms with Crippen LogP contribution in [0.2, 0.25) is 0 Å². The van der Waals surface area contributed by atoms with Gasteiger partial charge in [0.05, 0.1) is 22.3 Å². The number of fused-ring (bicyclic) bond motifs is 1. The van der Waals surface area contributed by atoms with Crippen LogP contribution in [0.4, 0.5) is 0 Å². The number of hydrogen-bond acceptors (Lipinski definition) is 6. The maximum Gasteiger partial charge on any atom is 0.313 e. The summed E-state index contributed by atoms with van der Waals surface area (Å²) in [5.74, 6) is -2.32. The van der Waals surface area contributed by atoms with Crippen LogP contribution >= 0.6 is 0 Å². The van der Waals surface area contributed by atoms with Gasteiger partial charge >= 0.3 is 5.97 Å². The molecule has 0 aliphatic heterocycles. The second kappa shape index (κ2) is 7.39. The SMILES string of the molecule is CC(C)=C/C=C(\OC(=O)C(C)C)c1cc(O)c2c(O)ccc(O)c2c1O. The second-order valence-corrected chi connectivity index (χ2v) is 6.50. The molecule has 0 aromatic heterocycles. The molecule has 0 aliphatic rings. The minimum Gasteiger partial charge on any atom is -0.507 e. The fourth-order valence-corrected chi connectivity index (χ4v) is 2.33. The van der Waals surface area contributed by atoms with Gasteiger partial charge in [-0.2, -0.15) is 0 Å². The van der Waals surface area contributed by atoms with Crippen LogP contribution in [0.25, 0.3) is 16.5 Å². The zero-order valence-electron chi connectivity index (χ0n) is 15.1. The molecule has 6 nitrogen and oxygen atoms in total. The highest BCUT2D eigenvalue weighted by atomic mass is 16.5. The van der Waals surface area contributed by atoms with Crippen molar-refractivity contribution in [3.8, 4) is 23.0 Å². The molecule has 0 atom stereocenters. The van der Waals surface area contributed by atoms with E-state index >= 15 is 0 Å². The highest BCUT2D eigenvalue weighted by Crippen LogP contribution is 2.46. The van der Waals surface area contributed by atoms with Crippen molar-refractivity contribution in [2.45, 2.75) is 27.7 Å². The quantitative estimate of drug-likeness (QED) is 0.283. The number of carbonyl (C=O) groups excluding carboxylic acids is 1. The van der Waals surface area contributed by atoms with Gasteiger partial charge in [-0.25, -0.2) is 0 Å². The van der Waals surface area contributed by atoms with Crippen LogP contribution in [0.1, 0.15) is 33.3 Å². The molecule has 0 saturated carbocycles. The summed E-state index contributed by atoms with van der Waals surface area (Å²) in [6.45, 7) is 7.03. The standard InChI is InChI=1S/C20H22O6/c1-10(2)5-8-16(26-20(25)11(3)4)12-9-15(23)17-13(21)6-7-14(22)18(17)19(12)24/h5-9,11,21-24H,1-4H3/b16-8-. The highest BCUT2D eigenvalue weighted by molar-refractivity contribution is 6.04. The van der Waals surface area contributed by atoms with Crippen molar-refractivity contribution in [2.24, 2.45) is 5.92 Å². The van der Waals surface area contributed by atoms with E-state index in [4.69, 9.17) is 4.74 Å². The molecular weight excluding hydrogens is 336 g/mol. The van der Waals surface area contributed by atoms with Crippen LogP contribution in [-0.4, -0.2) is 26.4 Å². The molecule has 0 spiro atoms. The Morgan fingerprint density at radius 1 is 0.962 bits per heavy atom. The maximum atomic E-state index is 12.0. The minimum absolute atomic E-state index is 0.0161. The molecule has 0 amide bonds. The lowest BCUT2D eigenvalue weighted by Gasteiger charge is -2.15. The van der Waals surface area contributed by atoms with Crippen molar-refractivity contribution < 1.29 is 30.0 Å². The molecular formula is C20H22O6. The van der Waals surface area contributed by atoms with Crippen molar-refractivity contribution >= 4 is 22.5 Å². The molecule has 0 bridgehead atoms. The smallest absolute Gasteiger partial charge is 0.313 e. The van der Waals surface area contributed by atoms with E-state index in [2.05, 4.69) is 0 Å². The van der Waals surface area contributed by atoms with Gasteiger partial charge in [-0.05, 0) is 38.1 Å². The molecule has 0 heterocycles. The van der Waals surface area contributed by atoms with Crippen LogP contribution in [0.5, 0.6) is 23.0 Å². The molecule has 0 fully saturated rings. The fourth-order valence-electron chi connectivity index (χ4n) is 2.33. The molecule has 6 heteroatoms. The van der Waals surface area contributed by atoms with Crippen molar-refractivity contribution in [2.75, 3.05) is 0 Å². The number of phenols is 4. The van der Waals surface area contributed by atoms with Crippen LogP contribution < -0.4 is 0 Å². The van der Waals surface area contributed by atoms with Crippen LogP contribution in [-0.2, 0) is 9.53 Å². The lowest BCUT2D eigenvalue weighted by molar-refractivity contribution is -0.140. The minimum atomic E-state index is -0.516. The van der Waals surface area contributed by atoms with Crippen molar-refractivity contribution in [1.82, 2.24) is 0 Å². The zero-order valence-corrected chi connectivity index (χ0v) is 15.1. The van der Waals surface area contributed by atoms with Gasteiger partial charge in [0.25, 0.3) is 0 Å². The fraction of sp³-hybridized carbons (Fsp3) is 0.250. The number of benzene rings is 2. The van der Waals surface area contributed by atoms with E-state index < -0.39 is 17.6 Å². The van der Waals surface area contributed by atoms with Gasteiger partial charge in [-0.3, -0.25) is 4.79 Å². The van der Waals surface area contributed by atoms with Gasteiger partial charge in [-0.1, -0.05) is 25.5 Å². The molecule has 26 heavy (non-hydrogen) atoms. The number of esters is 1. The number of rotatable bonds is 4. The second-order valence-electron chi connectivity index (χ2n) is 6.50. The number of allylic oxidation sites excluding steroid dienone is 3. The van der Waals surface area contributed by atoms with E-state index in [0.717, 1.165) is 5.57 Å².